The number of ether oxygens (including phenoxy) is 1. The predicted octanol–water partition coefficient (Wildman–Crippen LogP) is 2.79. The van der Waals surface area contributed by atoms with Crippen molar-refractivity contribution in [3.05, 3.63) is 40.3 Å². The average Bonchev–Trinajstić information content (AvgIpc) is 3.27. The van der Waals surface area contributed by atoms with Crippen molar-refractivity contribution < 1.29 is 9.53 Å². The molecule has 24 heavy (non-hydrogen) atoms. The molecule has 1 fully saturated rings. The first kappa shape index (κ1) is 17.0. The molecule has 0 radical (unpaired) electrons. The van der Waals surface area contributed by atoms with Crippen LogP contribution in [0.25, 0.3) is 0 Å². The fraction of sp³-hybridized carbons (Fsp3) is 0.471. The number of nitrogens with zero attached hydrogens (tertiary/aromatic N) is 3. The van der Waals surface area contributed by atoms with Crippen molar-refractivity contribution in [3.8, 4) is 0 Å². The molecule has 2 aromatic rings. The van der Waals surface area contributed by atoms with E-state index < -0.39 is 0 Å². The Labute approximate surface area is 145 Å². The third-order valence-corrected chi connectivity index (χ3v) is 4.89. The minimum atomic E-state index is -0.216. The lowest BCUT2D eigenvalue weighted by Gasteiger charge is -2.22. The van der Waals surface area contributed by atoms with Crippen LogP contribution in [-0.4, -0.2) is 46.8 Å². The number of rotatable bonds is 7. The number of anilines is 1. The standard InChI is InChI=1S/C17H22N4O2S/c1-2-21(11-14-9-6-10-23-14)12-15-19-20-17(24-15)16(22)18-13-7-4-3-5-8-13/h3-5,7-8,14H,2,6,9-12H2,1H3,(H,18,22). The van der Waals surface area contributed by atoms with Gasteiger partial charge < -0.3 is 10.1 Å². The number of amides is 1. The zero-order chi connectivity index (χ0) is 16.8. The Kier molecular flexibility index (Phi) is 5.90. The van der Waals surface area contributed by atoms with Gasteiger partial charge in [0.1, 0.15) is 5.01 Å². The molecule has 1 aliphatic heterocycles. The molecule has 1 unspecified atom stereocenters. The number of nitrogens with one attached hydrogen (secondary N) is 1. The fourth-order valence-electron chi connectivity index (χ4n) is 2.69. The van der Waals surface area contributed by atoms with Crippen LogP contribution in [-0.2, 0) is 11.3 Å². The van der Waals surface area contributed by atoms with E-state index in [9.17, 15) is 4.79 Å². The van der Waals surface area contributed by atoms with Crippen LogP contribution in [0.15, 0.2) is 30.3 Å². The topological polar surface area (TPSA) is 67.4 Å². The van der Waals surface area contributed by atoms with Crippen molar-refractivity contribution >= 4 is 22.9 Å². The Morgan fingerprint density at radius 2 is 2.21 bits per heavy atom. The van der Waals surface area contributed by atoms with Gasteiger partial charge in [0.15, 0.2) is 0 Å². The monoisotopic (exact) mass is 346 g/mol. The maximum Gasteiger partial charge on any atom is 0.286 e. The highest BCUT2D eigenvalue weighted by molar-refractivity contribution is 7.13. The van der Waals surface area contributed by atoms with Gasteiger partial charge in [-0.15, -0.1) is 10.2 Å². The van der Waals surface area contributed by atoms with Crippen molar-refractivity contribution in [2.24, 2.45) is 0 Å². The Balaban J connectivity index is 1.56. The van der Waals surface area contributed by atoms with Crippen LogP contribution in [0.1, 0.15) is 34.6 Å². The van der Waals surface area contributed by atoms with Gasteiger partial charge in [0, 0.05) is 18.8 Å². The van der Waals surface area contributed by atoms with Crippen LogP contribution in [0, 0.1) is 0 Å². The molecule has 0 aliphatic carbocycles. The fourth-order valence-corrected chi connectivity index (χ4v) is 3.47. The van der Waals surface area contributed by atoms with Gasteiger partial charge in [-0.25, -0.2) is 0 Å². The van der Waals surface area contributed by atoms with Crippen molar-refractivity contribution in [3.63, 3.8) is 0 Å². The summed E-state index contributed by atoms with van der Waals surface area (Å²) in [6.07, 6.45) is 2.58. The maximum atomic E-state index is 12.2. The van der Waals surface area contributed by atoms with Gasteiger partial charge in [-0.05, 0) is 31.5 Å². The van der Waals surface area contributed by atoms with Gasteiger partial charge in [0.2, 0.25) is 5.01 Å². The summed E-state index contributed by atoms with van der Waals surface area (Å²) in [5.41, 5.74) is 0.757. The predicted molar refractivity (Wildman–Crippen MR) is 94.2 cm³/mol. The summed E-state index contributed by atoms with van der Waals surface area (Å²) in [6, 6.07) is 9.36. The molecule has 3 rings (SSSR count). The number of likely N-dealkylation sites (N-methyl/N-ethyl adjacent to an activating group) is 1. The third kappa shape index (κ3) is 4.59. The second-order valence-electron chi connectivity index (χ2n) is 5.78. The summed E-state index contributed by atoms with van der Waals surface area (Å²) in [4.78, 5) is 14.5. The van der Waals surface area contributed by atoms with E-state index in [1.165, 1.54) is 11.3 Å². The number of carbonyl (C=O) groups excluding carboxylic acids is 1. The average molecular weight is 346 g/mol. The number of benzene rings is 1. The normalized spacial score (nSPS) is 17.3. The van der Waals surface area contributed by atoms with Gasteiger partial charge >= 0.3 is 0 Å². The van der Waals surface area contributed by atoms with Crippen LogP contribution < -0.4 is 5.32 Å². The Morgan fingerprint density at radius 1 is 1.38 bits per heavy atom. The zero-order valence-corrected chi connectivity index (χ0v) is 14.6. The summed E-state index contributed by atoms with van der Waals surface area (Å²) in [7, 11) is 0. The number of aromatic nitrogens is 2. The van der Waals surface area contributed by atoms with Crippen molar-refractivity contribution in [1.82, 2.24) is 15.1 Å². The molecule has 128 valence electrons. The highest BCUT2D eigenvalue weighted by Crippen LogP contribution is 2.17. The Morgan fingerprint density at radius 3 is 2.92 bits per heavy atom. The number of hydrogen-bond acceptors (Lipinski definition) is 6. The van der Waals surface area contributed by atoms with E-state index in [1.54, 1.807) is 0 Å². The lowest BCUT2D eigenvalue weighted by Crippen LogP contribution is -2.31. The van der Waals surface area contributed by atoms with E-state index in [2.05, 4.69) is 27.3 Å². The molecule has 1 amide bonds. The van der Waals surface area contributed by atoms with E-state index in [0.29, 0.717) is 17.7 Å². The van der Waals surface area contributed by atoms with Crippen LogP contribution in [0.2, 0.25) is 0 Å². The quantitative estimate of drug-likeness (QED) is 0.835. The molecule has 0 bridgehead atoms. The minimum absolute atomic E-state index is 0.216. The molecule has 2 heterocycles. The van der Waals surface area contributed by atoms with Gasteiger partial charge in [0.25, 0.3) is 5.91 Å². The molecule has 6 nitrogen and oxygen atoms in total. The molecule has 1 aromatic heterocycles. The summed E-state index contributed by atoms with van der Waals surface area (Å²) < 4.78 is 5.69. The van der Waals surface area contributed by atoms with Gasteiger partial charge in [0.05, 0.1) is 12.6 Å². The molecule has 0 saturated carbocycles. The molecule has 1 N–H and O–H groups in total. The van der Waals surface area contributed by atoms with E-state index >= 15 is 0 Å². The van der Waals surface area contributed by atoms with E-state index in [-0.39, 0.29) is 5.91 Å². The second-order valence-corrected chi connectivity index (χ2v) is 6.85. The highest BCUT2D eigenvalue weighted by atomic mass is 32.1. The summed E-state index contributed by atoms with van der Waals surface area (Å²) >= 11 is 1.35. The van der Waals surface area contributed by atoms with Gasteiger partial charge in [-0.3, -0.25) is 9.69 Å². The SMILES string of the molecule is CCN(Cc1nnc(C(=O)Nc2ccccc2)s1)CC1CCCO1. The summed E-state index contributed by atoms with van der Waals surface area (Å²) in [5, 5.41) is 12.3. The zero-order valence-electron chi connectivity index (χ0n) is 13.8. The van der Waals surface area contributed by atoms with Crippen molar-refractivity contribution in [2.75, 3.05) is 25.0 Å². The van der Waals surface area contributed by atoms with Crippen LogP contribution in [0.3, 0.4) is 0 Å². The lowest BCUT2D eigenvalue weighted by atomic mass is 10.2. The van der Waals surface area contributed by atoms with Crippen molar-refractivity contribution in [1.29, 1.82) is 0 Å². The smallest absolute Gasteiger partial charge is 0.286 e. The van der Waals surface area contributed by atoms with Crippen LogP contribution >= 0.6 is 11.3 Å². The molecular weight excluding hydrogens is 324 g/mol. The number of para-hydroxylation sites is 1. The molecule has 0 spiro atoms. The molecule has 1 aliphatic rings. The maximum absolute atomic E-state index is 12.2. The van der Waals surface area contributed by atoms with E-state index in [1.807, 2.05) is 30.3 Å². The Bertz CT molecular complexity index is 656. The first-order valence-electron chi connectivity index (χ1n) is 8.27. The number of hydrogen-bond donors (Lipinski definition) is 1. The first-order chi connectivity index (χ1) is 11.7. The minimum Gasteiger partial charge on any atom is -0.377 e. The highest BCUT2D eigenvalue weighted by Gasteiger charge is 2.20. The molecule has 1 saturated heterocycles. The first-order valence-corrected chi connectivity index (χ1v) is 9.09. The molecular formula is C17H22N4O2S. The largest absolute Gasteiger partial charge is 0.377 e. The third-order valence-electron chi connectivity index (χ3n) is 3.98. The Hall–Kier alpha value is -1.83. The van der Waals surface area contributed by atoms with Gasteiger partial charge in [-0.1, -0.05) is 36.5 Å². The van der Waals surface area contributed by atoms with E-state index in [4.69, 9.17) is 4.74 Å². The molecule has 1 aromatic carbocycles. The molecule has 7 heteroatoms. The second kappa shape index (κ2) is 8.32. The van der Waals surface area contributed by atoms with Crippen LogP contribution in [0.5, 0.6) is 0 Å². The molecule has 1 atom stereocenters. The lowest BCUT2D eigenvalue weighted by molar-refractivity contribution is 0.0724. The van der Waals surface area contributed by atoms with Gasteiger partial charge in [-0.2, -0.15) is 0 Å². The summed E-state index contributed by atoms with van der Waals surface area (Å²) in [5.74, 6) is -0.216. The number of carbonyl (C=O) groups is 1. The van der Waals surface area contributed by atoms with E-state index in [0.717, 1.165) is 43.2 Å². The van der Waals surface area contributed by atoms with Crippen molar-refractivity contribution in [2.45, 2.75) is 32.4 Å². The summed E-state index contributed by atoms with van der Waals surface area (Å²) in [6.45, 7) is 5.52. The van der Waals surface area contributed by atoms with Crippen LogP contribution in [0.4, 0.5) is 5.69 Å².